The highest BCUT2D eigenvalue weighted by Gasteiger charge is 2.03. The second kappa shape index (κ2) is 7.54. The number of para-hydroxylation sites is 2. The number of carboxylic acids is 1. The number of unbranched alkanes of at least 4 members (excludes halogenated alkanes) is 1. The minimum atomic E-state index is -0.764. The van der Waals surface area contributed by atoms with Crippen molar-refractivity contribution in [3.05, 3.63) is 24.3 Å². The molecular formula is C13H18O4. The highest BCUT2D eigenvalue weighted by Crippen LogP contribution is 2.26. The van der Waals surface area contributed by atoms with Crippen molar-refractivity contribution >= 4 is 5.97 Å². The van der Waals surface area contributed by atoms with Crippen LogP contribution >= 0.6 is 0 Å². The number of carboxylic acid groups (broad SMARTS) is 1. The summed E-state index contributed by atoms with van der Waals surface area (Å²) in [5.74, 6) is 0.678. The number of aliphatic carboxylic acids is 1. The average Bonchev–Trinajstić information content (AvgIpc) is 2.31. The van der Waals surface area contributed by atoms with Gasteiger partial charge in [0.2, 0.25) is 0 Å². The maximum atomic E-state index is 10.3. The molecule has 0 radical (unpaired) electrons. The van der Waals surface area contributed by atoms with Gasteiger partial charge in [-0.25, -0.2) is 0 Å². The first-order valence-electron chi connectivity index (χ1n) is 5.80. The molecule has 0 spiro atoms. The molecule has 0 bridgehead atoms. The topological polar surface area (TPSA) is 55.8 Å². The first kappa shape index (κ1) is 13.4. The maximum Gasteiger partial charge on any atom is 0.303 e. The fourth-order valence-electron chi connectivity index (χ4n) is 1.40. The molecule has 4 heteroatoms. The van der Waals surface area contributed by atoms with Gasteiger partial charge in [0.1, 0.15) is 0 Å². The number of ether oxygens (including phenoxy) is 2. The van der Waals surface area contributed by atoms with E-state index in [1.165, 1.54) is 0 Å². The normalized spacial score (nSPS) is 9.94. The lowest BCUT2D eigenvalue weighted by atomic mass is 10.2. The summed E-state index contributed by atoms with van der Waals surface area (Å²) in [7, 11) is 0. The van der Waals surface area contributed by atoms with Gasteiger partial charge < -0.3 is 14.6 Å². The number of benzene rings is 1. The third-order valence-electron chi connectivity index (χ3n) is 2.19. The SMILES string of the molecule is CCOc1ccccc1OCCCCC(=O)O. The molecule has 0 fully saturated rings. The quantitative estimate of drug-likeness (QED) is 0.707. The first-order chi connectivity index (χ1) is 8.24. The molecule has 0 aromatic heterocycles. The molecule has 1 aromatic rings. The van der Waals surface area contributed by atoms with E-state index in [0.29, 0.717) is 25.4 Å². The Bertz CT molecular complexity index is 349. The van der Waals surface area contributed by atoms with E-state index in [2.05, 4.69) is 0 Å². The predicted octanol–water partition coefficient (Wildman–Crippen LogP) is 2.72. The fourth-order valence-corrected chi connectivity index (χ4v) is 1.40. The van der Waals surface area contributed by atoms with Crippen LogP contribution in [0.5, 0.6) is 11.5 Å². The van der Waals surface area contributed by atoms with Crippen LogP contribution in [0.2, 0.25) is 0 Å². The molecule has 0 saturated carbocycles. The molecule has 17 heavy (non-hydrogen) atoms. The largest absolute Gasteiger partial charge is 0.490 e. The summed E-state index contributed by atoms with van der Waals surface area (Å²) in [5.41, 5.74) is 0. The second-order valence-corrected chi connectivity index (χ2v) is 3.58. The van der Waals surface area contributed by atoms with Crippen molar-refractivity contribution < 1.29 is 19.4 Å². The molecule has 0 amide bonds. The van der Waals surface area contributed by atoms with E-state index in [9.17, 15) is 4.79 Å². The van der Waals surface area contributed by atoms with E-state index in [1.807, 2.05) is 31.2 Å². The molecule has 0 saturated heterocycles. The van der Waals surface area contributed by atoms with Crippen LogP contribution in [0, 0.1) is 0 Å². The summed E-state index contributed by atoms with van der Waals surface area (Å²) in [4.78, 5) is 10.3. The van der Waals surface area contributed by atoms with E-state index in [0.717, 1.165) is 12.2 Å². The maximum absolute atomic E-state index is 10.3. The van der Waals surface area contributed by atoms with Gasteiger partial charge >= 0.3 is 5.97 Å². The Hall–Kier alpha value is -1.71. The predicted molar refractivity (Wildman–Crippen MR) is 64.6 cm³/mol. The minimum Gasteiger partial charge on any atom is -0.490 e. The summed E-state index contributed by atoms with van der Waals surface area (Å²) >= 11 is 0. The molecule has 0 aliphatic rings. The van der Waals surface area contributed by atoms with Gasteiger partial charge in [-0.1, -0.05) is 12.1 Å². The Morgan fingerprint density at radius 3 is 2.41 bits per heavy atom. The van der Waals surface area contributed by atoms with Gasteiger partial charge in [-0.2, -0.15) is 0 Å². The van der Waals surface area contributed by atoms with Gasteiger partial charge in [-0.15, -0.1) is 0 Å². The highest BCUT2D eigenvalue weighted by atomic mass is 16.5. The van der Waals surface area contributed by atoms with E-state index in [1.54, 1.807) is 0 Å². The van der Waals surface area contributed by atoms with Crippen LogP contribution in [0.1, 0.15) is 26.2 Å². The molecule has 94 valence electrons. The summed E-state index contributed by atoms with van der Waals surface area (Å²) in [6.45, 7) is 3.03. The van der Waals surface area contributed by atoms with E-state index >= 15 is 0 Å². The minimum absolute atomic E-state index is 0.191. The van der Waals surface area contributed by atoms with Gasteiger partial charge in [-0.05, 0) is 31.9 Å². The van der Waals surface area contributed by atoms with Crippen molar-refractivity contribution in [2.24, 2.45) is 0 Å². The Kier molecular flexibility index (Phi) is 5.93. The van der Waals surface area contributed by atoms with Crippen LogP contribution in [0.4, 0.5) is 0 Å². The molecule has 1 N–H and O–H groups in total. The summed E-state index contributed by atoms with van der Waals surface area (Å²) < 4.78 is 11.0. The zero-order valence-corrected chi connectivity index (χ0v) is 10.0. The smallest absolute Gasteiger partial charge is 0.303 e. The third-order valence-corrected chi connectivity index (χ3v) is 2.19. The average molecular weight is 238 g/mol. The lowest BCUT2D eigenvalue weighted by molar-refractivity contribution is -0.137. The monoisotopic (exact) mass is 238 g/mol. The van der Waals surface area contributed by atoms with Crippen LogP contribution < -0.4 is 9.47 Å². The molecule has 0 heterocycles. The lowest BCUT2D eigenvalue weighted by Crippen LogP contribution is -2.02. The second-order valence-electron chi connectivity index (χ2n) is 3.58. The first-order valence-corrected chi connectivity index (χ1v) is 5.80. The summed E-state index contributed by atoms with van der Waals surface area (Å²) in [6, 6.07) is 7.48. The number of hydrogen-bond donors (Lipinski definition) is 1. The van der Waals surface area contributed by atoms with Crippen molar-refractivity contribution in [3.63, 3.8) is 0 Å². The molecule has 1 rings (SSSR count). The van der Waals surface area contributed by atoms with Crippen LogP contribution in [0.15, 0.2) is 24.3 Å². The fraction of sp³-hybridized carbons (Fsp3) is 0.462. The number of rotatable bonds is 8. The van der Waals surface area contributed by atoms with Gasteiger partial charge in [0.25, 0.3) is 0 Å². The molecule has 4 nitrogen and oxygen atoms in total. The van der Waals surface area contributed by atoms with Crippen LogP contribution in [0.3, 0.4) is 0 Å². The molecule has 0 unspecified atom stereocenters. The van der Waals surface area contributed by atoms with Crippen molar-refractivity contribution in [2.45, 2.75) is 26.2 Å². The highest BCUT2D eigenvalue weighted by molar-refractivity contribution is 5.66. The zero-order chi connectivity index (χ0) is 12.5. The molecule has 0 aliphatic carbocycles. The molecule has 1 aromatic carbocycles. The van der Waals surface area contributed by atoms with Gasteiger partial charge in [-0.3, -0.25) is 4.79 Å². The Labute approximate surface area is 101 Å². The van der Waals surface area contributed by atoms with Crippen molar-refractivity contribution in [2.75, 3.05) is 13.2 Å². The standard InChI is InChI=1S/C13H18O4/c1-2-16-11-7-3-4-8-12(11)17-10-6-5-9-13(14)15/h3-4,7-8H,2,5-6,9-10H2,1H3,(H,14,15). The zero-order valence-electron chi connectivity index (χ0n) is 10.0. The van der Waals surface area contributed by atoms with Gasteiger partial charge in [0.05, 0.1) is 13.2 Å². The third kappa shape index (κ3) is 5.24. The van der Waals surface area contributed by atoms with E-state index in [4.69, 9.17) is 14.6 Å². The van der Waals surface area contributed by atoms with Crippen molar-refractivity contribution in [3.8, 4) is 11.5 Å². The van der Waals surface area contributed by atoms with Crippen LogP contribution in [0.25, 0.3) is 0 Å². The summed E-state index contributed by atoms with van der Waals surface area (Å²) in [6.07, 6.45) is 1.55. The molecular weight excluding hydrogens is 220 g/mol. The van der Waals surface area contributed by atoms with E-state index in [-0.39, 0.29) is 6.42 Å². The van der Waals surface area contributed by atoms with Crippen molar-refractivity contribution in [1.29, 1.82) is 0 Å². The van der Waals surface area contributed by atoms with E-state index < -0.39 is 5.97 Å². The Morgan fingerprint density at radius 1 is 1.18 bits per heavy atom. The Morgan fingerprint density at radius 2 is 1.82 bits per heavy atom. The van der Waals surface area contributed by atoms with Crippen LogP contribution in [-0.2, 0) is 4.79 Å². The molecule has 0 atom stereocenters. The lowest BCUT2D eigenvalue weighted by Gasteiger charge is -2.11. The van der Waals surface area contributed by atoms with Crippen molar-refractivity contribution in [1.82, 2.24) is 0 Å². The number of carbonyl (C=O) groups is 1. The van der Waals surface area contributed by atoms with Gasteiger partial charge in [0, 0.05) is 6.42 Å². The van der Waals surface area contributed by atoms with Crippen LogP contribution in [-0.4, -0.2) is 24.3 Å². The Balaban J connectivity index is 2.33. The van der Waals surface area contributed by atoms with Gasteiger partial charge in [0.15, 0.2) is 11.5 Å². The molecule has 0 aliphatic heterocycles. The number of hydrogen-bond acceptors (Lipinski definition) is 3. The summed E-state index contributed by atoms with van der Waals surface area (Å²) in [5, 5.41) is 8.48.